The number of fused-ring (bicyclic) bond motifs is 1. The van der Waals surface area contributed by atoms with E-state index in [4.69, 9.17) is 19.0 Å². The van der Waals surface area contributed by atoms with Gasteiger partial charge in [-0.2, -0.15) is 0 Å². The van der Waals surface area contributed by atoms with E-state index in [0.29, 0.717) is 58.3 Å². The van der Waals surface area contributed by atoms with Crippen LogP contribution in [0.1, 0.15) is 76.4 Å². The molecular weight excluding hydrogens is 632 g/mol. The van der Waals surface area contributed by atoms with Crippen LogP contribution >= 0.6 is 0 Å². The minimum absolute atomic E-state index is 0.0244. The van der Waals surface area contributed by atoms with E-state index in [-0.39, 0.29) is 13.4 Å². The molecule has 1 atom stereocenters. The molecule has 1 aliphatic carbocycles. The number of hydrogen-bond donors (Lipinski definition) is 2. The molecule has 1 fully saturated rings. The van der Waals surface area contributed by atoms with Crippen molar-refractivity contribution in [2.45, 2.75) is 51.2 Å². The summed E-state index contributed by atoms with van der Waals surface area (Å²) in [6, 6.07) is 26.8. The first kappa shape index (κ1) is 32.8. The van der Waals surface area contributed by atoms with Gasteiger partial charge in [0.05, 0.1) is 12.0 Å². The van der Waals surface area contributed by atoms with Crippen molar-refractivity contribution >= 4 is 27.9 Å². The molecule has 0 radical (unpaired) electrons. The van der Waals surface area contributed by atoms with E-state index >= 15 is 0 Å². The van der Waals surface area contributed by atoms with Crippen LogP contribution in [0.5, 0.6) is 17.2 Å². The van der Waals surface area contributed by atoms with Crippen LogP contribution in [0.4, 0.5) is 0 Å². The fraction of sp³-hybridized carbons (Fsp3) is 0.243. The van der Waals surface area contributed by atoms with E-state index in [1.807, 2.05) is 61.5 Å². The Morgan fingerprint density at radius 1 is 0.938 bits per heavy atom. The molecule has 2 aliphatic rings. The van der Waals surface area contributed by atoms with Crippen LogP contribution in [0.25, 0.3) is 6.08 Å². The number of ether oxygens (including phenoxy) is 3. The summed E-state index contributed by atoms with van der Waals surface area (Å²) in [5.74, 6) is 0.464. The number of carbonyl (C=O) groups is 2. The lowest BCUT2D eigenvalue weighted by molar-refractivity contribution is -0.126. The quantitative estimate of drug-likeness (QED) is 0.149. The van der Waals surface area contributed by atoms with Gasteiger partial charge in [0.15, 0.2) is 11.5 Å². The number of benzene rings is 4. The van der Waals surface area contributed by atoms with Gasteiger partial charge in [-0.25, -0.2) is 18.6 Å². The molecule has 1 saturated carbocycles. The second-order valence-corrected chi connectivity index (χ2v) is 13.2. The van der Waals surface area contributed by atoms with E-state index in [9.17, 15) is 18.0 Å². The summed E-state index contributed by atoms with van der Waals surface area (Å²) in [6.45, 7) is 2.20. The van der Waals surface area contributed by atoms with E-state index in [0.717, 1.165) is 11.0 Å². The van der Waals surface area contributed by atoms with Gasteiger partial charge in [-0.3, -0.25) is 14.4 Å². The molecule has 6 rings (SSSR count). The third kappa shape index (κ3) is 8.41. The van der Waals surface area contributed by atoms with Gasteiger partial charge < -0.3 is 14.2 Å². The van der Waals surface area contributed by atoms with E-state index in [1.165, 1.54) is 24.5 Å². The van der Waals surface area contributed by atoms with Crippen molar-refractivity contribution in [3.8, 4) is 17.2 Å². The van der Waals surface area contributed by atoms with Gasteiger partial charge >= 0.3 is 0 Å². The van der Waals surface area contributed by atoms with Gasteiger partial charge in [0.25, 0.3) is 21.8 Å². The number of amides is 2. The Balaban J connectivity index is 1.20. The minimum Gasteiger partial charge on any atom is -0.475 e. The summed E-state index contributed by atoms with van der Waals surface area (Å²) in [5.41, 5.74) is 6.64. The van der Waals surface area contributed by atoms with Crippen molar-refractivity contribution in [1.82, 2.24) is 10.2 Å². The maximum Gasteiger partial charge on any atom is 0.279 e. The molecule has 1 aliphatic heterocycles. The molecule has 2 N–H and O–H groups in total. The average Bonchev–Trinajstić information content (AvgIpc) is 3.84. The van der Waals surface area contributed by atoms with E-state index in [2.05, 4.69) is 10.2 Å². The summed E-state index contributed by atoms with van der Waals surface area (Å²) >= 11 is 0. The van der Waals surface area contributed by atoms with Crippen molar-refractivity contribution in [1.29, 1.82) is 0 Å². The Morgan fingerprint density at radius 3 is 2.46 bits per heavy atom. The van der Waals surface area contributed by atoms with Crippen LogP contribution < -0.4 is 24.4 Å². The van der Waals surface area contributed by atoms with Crippen LogP contribution in [0.15, 0.2) is 96.4 Å². The Labute approximate surface area is 279 Å². The normalized spacial score (nSPS) is 14.4. The summed E-state index contributed by atoms with van der Waals surface area (Å²) in [6.07, 6.45) is 3.64. The smallest absolute Gasteiger partial charge is 0.279 e. The molecule has 11 heteroatoms. The number of hydrogen-bond acceptors (Lipinski definition) is 8. The highest BCUT2D eigenvalue weighted by atomic mass is 32.2. The topological polar surface area (TPSA) is 129 Å². The lowest BCUT2D eigenvalue weighted by atomic mass is 10.0. The Kier molecular flexibility index (Phi) is 10.1. The monoisotopic (exact) mass is 668 g/mol. The Hall–Kier alpha value is -5.13. The zero-order valence-corrected chi connectivity index (χ0v) is 27.2. The summed E-state index contributed by atoms with van der Waals surface area (Å²) in [5, 5.41) is 0.962. The molecule has 0 spiro atoms. The van der Waals surface area contributed by atoms with Gasteiger partial charge in [0.2, 0.25) is 12.9 Å². The van der Waals surface area contributed by atoms with Crippen molar-refractivity contribution in [3.05, 3.63) is 130 Å². The fourth-order valence-electron chi connectivity index (χ4n) is 5.29. The fourth-order valence-corrected chi connectivity index (χ4v) is 6.08. The number of rotatable bonds is 14. The zero-order chi connectivity index (χ0) is 33.5. The maximum absolute atomic E-state index is 13.7. The van der Waals surface area contributed by atoms with E-state index in [1.54, 1.807) is 36.4 Å². The standard InChI is InChI=1S/C37H36N2O8S/c1-2-6-29-21-31(36(40)38-46-23-26-7-4-3-5-8-26)16-17-32(29)47-35(30-15-18-33-34(22-30)45-24-44-33)37(41)39-48(42,43)20-19-25-9-11-27(12-10-25)28-13-14-28/h3-5,7-12,15-22,28,35H,2,6,13-14,23-24H2,1H3,(H,38,40)(H,39,41)/b20-19+. The maximum atomic E-state index is 13.7. The summed E-state index contributed by atoms with van der Waals surface area (Å²) < 4.78 is 45.5. The first-order valence-corrected chi connectivity index (χ1v) is 17.3. The number of sulfonamides is 1. The molecule has 10 nitrogen and oxygen atoms in total. The Morgan fingerprint density at radius 2 is 1.71 bits per heavy atom. The van der Waals surface area contributed by atoms with Crippen molar-refractivity contribution in [3.63, 3.8) is 0 Å². The van der Waals surface area contributed by atoms with Gasteiger partial charge in [-0.1, -0.05) is 74.0 Å². The zero-order valence-electron chi connectivity index (χ0n) is 26.4. The second kappa shape index (κ2) is 14.7. The lowest BCUT2D eigenvalue weighted by Gasteiger charge is -2.21. The molecule has 48 heavy (non-hydrogen) atoms. The molecule has 0 bridgehead atoms. The average molecular weight is 669 g/mol. The summed E-state index contributed by atoms with van der Waals surface area (Å²) in [7, 11) is -4.20. The number of nitrogens with one attached hydrogen (secondary N) is 2. The number of hydroxylamine groups is 1. The third-order valence-corrected chi connectivity index (χ3v) is 8.92. The molecule has 0 saturated heterocycles. The minimum atomic E-state index is -4.20. The summed E-state index contributed by atoms with van der Waals surface area (Å²) in [4.78, 5) is 32.0. The van der Waals surface area contributed by atoms with Gasteiger partial charge in [-0.05, 0) is 83.8 Å². The molecule has 1 unspecified atom stereocenters. The third-order valence-electron chi connectivity index (χ3n) is 7.94. The molecular formula is C37H36N2O8S. The first-order valence-electron chi connectivity index (χ1n) is 15.8. The SMILES string of the molecule is CCCc1cc(C(=O)NOCc2ccccc2)ccc1OC(C(=O)NS(=O)(=O)/C=C/c1ccc(C2CC2)cc1)c1ccc2c(c1)OCO2. The van der Waals surface area contributed by atoms with Crippen molar-refractivity contribution < 1.29 is 37.1 Å². The number of aryl methyl sites for hydroxylation is 1. The van der Waals surface area contributed by atoms with E-state index < -0.39 is 27.9 Å². The lowest BCUT2D eigenvalue weighted by Crippen LogP contribution is -2.36. The van der Waals surface area contributed by atoms with Crippen molar-refractivity contribution in [2.24, 2.45) is 0 Å². The number of carbonyl (C=O) groups excluding carboxylic acids is 2. The van der Waals surface area contributed by atoms with Gasteiger partial charge in [0.1, 0.15) is 5.75 Å². The van der Waals surface area contributed by atoms with Crippen LogP contribution in [-0.4, -0.2) is 27.0 Å². The second-order valence-electron chi connectivity index (χ2n) is 11.6. The Bertz CT molecular complexity index is 1910. The first-order chi connectivity index (χ1) is 23.3. The van der Waals surface area contributed by atoms with Crippen molar-refractivity contribution in [2.75, 3.05) is 6.79 Å². The molecule has 4 aromatic rings. The van der Waals surface area contributed by atoms with Crippen LogP contribution in [-0.2, 0) is 32.7 Å². The van der Waals surface area contributed by atoms with Crippen LogP contribution in [0.3, 0.4) is 0 Å². The molecule has 4 aromatic carbocycles. The highest BCUT2D eigenvalue weighted by molar-refractivity contribution is 7.93. The van der Waals surface area contributed by atoms with Crippen LogP contribution in [0.2, 0.25) is 0 Å². The highest BCUT2D eigenvalue weighted by Gasteiger charge is 2.29. The van der Waals surface area contributed by atoms with Gasteiger partial charge in [0, 0.05) is 11.1 Å². The molecule has 0 aromatic heterocycles. The van der Waals surface area contributed by atoms with Gasteiger partial charge in [-0.15, -0.1) is 0 Å². The van der Waals surface area contributed by atoms with Crippen LogP contribution in [0, 0.1) is 0 Å². The predicted molar refractivity (Wildman–Crippen MR) is 180 cm³/mol. The highest BCUT2D eigenvalue weighted by Crippen LogP contribution is 2.40. The molecule has 1 heterocycles. The predicted octanol–water partition coefficient (Wildman–Crippen LogP) is 6.34. The molecule has 248 valence electrons. The molecule has 2 amide bonds. The largest absolute Gasteiger partial charge is 0.475 e.